The number of hydrogen-bond acceptors (Lipinski definition) is 4. The Kier molecular flexibility index (Phi) is 7.15. The Morgan fingerprint density at radius 2 is 1.32 bits per heavy atom. The molecule has 144 valence electrons. The molecular weight excluding hydrogens is 556 g/mol. The first kappa shape index (κ1) is 20.9. The summed E-state index contributed by atoms with van der Waals surface area (Å²) < 4.78 is 18.8. The van der Waals surface area contributed by atoms with Gasteiger partial charge in [-0.3, -0.25) is 0 Å². The van der Waals surface area contributed by atoms with Crippen LogP contribution in [0, 0.1) is 6.92 Å². The van der Waals surface area contributed by atoms with E-state index >= 15 is 0 Å². The predicted molar refractivity (Wildman–Crippen MR) is 118 cm³/mol. The van der Waals surface area contributed by atoms with Crippen LogP contribution in [0.5, 0.6) is 23.0 Å². The molecule has 0 heterocycles. The molecule has 0 aromatic heterocycles. The molecule has 0 saturated carbocycles. The van der Waals surface area contributed by atoms with Gasteiger partial charge in [0.25, 0.3) is 0 Å². The molecule has 7 heteroatoms. The zero-order valence-electron chi connectivity index (χ0n) is 14.7. The topological polar surface area (TPSA) is 44.8 Å². The monoisotopic (exact) mass is 568 g/mol. The van der Waals surface area contributed by atoms with Gasteiger partial charge in [-0.2, -0.15) is 0 Å². The van der Waals surface area contributed by atoms with Crippen molar-refractivity contribution >= 4 is 53.8 Å². The van der Waals surface area contributed by atoms with Crippen LogP contribution in [-0.4, -0.2) is 12.6 Å². The molecule has 4 nitrogen and oxygen atoms in total. The van der Waals surface area contributed by atoms with E-state index in [2.05, 4.69) is 47.8 Å². The average Bonchev–Trinajstić information content (AvgIpc) is 2.66. The first-order valence-electron chi connectivity index (χ1n) is 8.23. The van der Waals surface area contributed by atoms with Crippen molar-refractivity contribution in [3.05, 3.63) is 79.6 Å². The maximum atomic E-state index is 12.1. The second kappa shape index (κ2) is 9.58. The minimum absolute atomic E-state index is 0.215. The van der Waals surface area contributed by atoms with Crippen LogP contribution >= 0.6 is 47.8 Å². The van der Waals surface area contributed by atoms with Crippen LogP contribution in [0.25, 0.3) is 0 Å². The van der Waals surface area contributed by atoms with Crippen molar-refractivity contribution in [2.24, 2.45) is 0 Å². The van der Waals surface area contributed by atoms with E-state index < -0.39 is 5.97 Å². The van der Waals surface area contributed by atoms with Crippen LogP contribution in [0.2, 0.25) is 0 Å². The highest BCUT2D eigenvalue weighted by atomic mass is 79.9. The van der Waals surface area contributed by atoms with Crippen LogP contribution < -0.4 is 14.2 Å². The standard InChI is InChI=1S/C21H15Br3O4/c1-13-2-4-16(5-3-13)27-17-8-6-15(7-9-17)26-12-20(25)28-21-18(23)10-14(22)11-19(21)24/h2-11H,12H2,1H3. The summed E-state index contributed by atoms with van der Waals surface area (Å²) in [6, 6.07) is 18.4. The number of esters is 1. The summed E-state index contributed by atoms with van der Waals surface area (Å²) in [7, 11) is 0. The molecule has 0 N–H and O–H groups in total. The molecule has 28 heavy (non-hydrogen) atoms. The van der Waals surface area contributed by atoms with Gasteiger partial charge in [0.05, 0.1) is 8.95 Å². The lowest BCUT2D eigenvalue weighted by atomic mass is 10.2. The highest BCUT2D eigenvalue weighted by Crippen LogP contribution is 2.36. The highest BCUT2D eigenvalue weighted by molar-refractivity contribution is 9.11. The fraction of sp³-hybridized carbons (Fsp3) is 0.0952. The van der Waals surface area contributed by atoms with E-state index in [1.807, 2.05) is 31.2 Å². The average molecular weight is 571 g/mol. The van der Waals surface area contributed by atoms with Crippen molar-refractivity contribution in [3.63, 3.8) is 0 Å². The van der Waals surface area contributed by atoms with Crippen LogP contribution in [0.15, 0.2) is 74.1 Å². The van der Waals surface area contributed by atoms with E-state index in [1.165, 1.54) is 5.56 Å². The molecule has 0 aliphatic heterocycles. The van der Waals surface area contributed by atoms with E-state index in [0.717, 1.165) is 10.2 Å². The molecule has 0 aliphatic rings. The van der Waals surface area contributed by atoms with E-state index in [4.69, 9.17) is 14.2 Å². The van der Waals surface area contributed by atoms with Crippen molar-refractivity contribution < 1.29 is 19.0 Å². The largest absolute Gasteiger partial charge is 0.482 e. The molecule has 0 atom stereocenters. The smallest absolute Gasteiger partial charge is 0.349 e. The van der Waals surface area contributed by atoms with Gasteiger partial charge in [0, 0.05) is 4.47 Å². The summed E-state index contributed by atoms with van der Waals surface area (Å²) >= 11 is 10.1. The van der Waals surface area contributed by atoms with Gasteiger partial charge >= 0.3 is 5.97 Å². The lowest BCUT2D eigenvalue weighted by Crippen LogP contribution is -2.18. The van der Waals surface area contributed by atoms with Crippen LogP contribution in [0.1, 0.15) is 5.56 Å². The molecule has 3 aromatic rings. The third-order valence-corrected chi connectivity index (χ3v) is 5.25. The summed E-state index contributed by atoms with van der Waals surface area (Å²) in [5.41, 5.74) is 1.17. The molecule has 0 spiro atoms. The van der Waals surface area contributed by atoms with Gasteiger partial charge in [0.15, 0.2) is 12.4 Å². The van der Waals surface area contributed by atoms with Gasteiger partial charge < -0.3 is 14.2 Å². The Morgan fingerprint density at radius 3 is 1.89 bits per heavy atom. The number of rotatable bonds is 6. The summed E-state index contributed by atoms with van der Waals surface area (Å²) in [5.74, 6) is 1.87. The van der Waals surface area contributed by atoms with Gasteiger partial charge in [0.1, 0.15) is 17.2 Å². The van der Waals surface area contributed by atoms with Crippen LogP contribution in [-0.2, 0) is 4.79 Å². The lowest BCUT2D eigenvalue weighted by molar-refractivity contribution is -0.136. The second-order valence-corrected chi connectivity index (χ2v) is 8.47. The number of carbonyl (C=O) groups is 1. The molecule has 0 bridgehead atoms. The summed E-state index contributed by atoms with van der Waals surface area (Å²) in [5, 5.41) is 0. The van der Waals surface area contributed by atoms with E-state index in [0.29, 0.717) is 26.2 Å². The van der Waals surface area contributed by atoms with Crippen molar-refractivity contribution in [1.29, 1.82) is 0 Å². The van der Waals surface area contributed by atoms with E-state index in [1.54, 1.807) is 36.4 Å². The van der Waals surface area contributed by atoms with Gasteiger partial charge in [-0.25, -0.2) is 4.79 Å². The number of hydrogen-bond donors (Lipinski definition) is 0. The molecular formula is C21H15Br3O4. The number of carbonyl (C=O) groups excluding carboxylic acids is 1. The van der Waals surface area contributed by atoms with Gasteiger partial charge in [-0.15, -0.1) is 0 Å². The second-order valence-electron chi connectivity index (χ2n) is 5.85. The molecule has 0 aliphatic carbocycles. The first-order chi connectivity index (χ1) is 13.4. The molecule has 0 fully saturated rings. The first-order valence-corrected chi connectivity index (χ1v) is 10.6. The fourth-order valence-corrected chi connectivity index (χ4v) is 4.68. The third kappa shape index (κ3) is 5.83. The molecule has 3 aromatic carbocycles. The van der Waals surface area contributed by atoms with E-state index in [9.17, 15) is 4.79 Å². The quantitative estimate of drug-likeness (QED) is 0.235. The van der Waals surface area contributed by atoms with Crippen molar-refractivity contribution in [1.82, 2.24) is 0 Å². The maximum Gasteiger partial charge on any atom is 0.349 e. The predicted octanol–water partition coefficient (Wildman–Crippen LogP) is 7.06. The normalized spacial score (nSPS) is 10.4. The number of halogens is 3. The Balaban J connectivity index is 1.54. The van der Waals surface area contributed by atoms with Crippen LogP contribution in [0.4, 0.5) is 0 Å². The van der Waals surface area contributed by atoms with Gasteiger partial charge in [-0.05, 0) is 87.3 Å². The minimum Gasteiger partial charge on any atom is -0.482 e. The molecule has 0 radical (unpaired) electrons. The van der Waals surface area contributed by atoms with Crippen molar-refractivity contribution in [3.8, 4) is 23.0 Å². The number of aryl methyl sites for hydroxylation is 1. The zero-order valence-corrected chi connectivity index (χ0v) is 19.5. The summed E-state index contributed by atoms with van der Waals surface area (Å²) in [4.78, 5) is 12.1. The van der Waals surface area contributed by atoms with Crippen molar-refractivity contribution in [2.45, 2.75) is 6.92 Å². The van der Waals surface area contributed by atoms with Gasteiger partial charge in [0.2, 0.25) is 0 Å². The lowest BCUT2D eigenvalue weighted by Gasteiger charge is -2.11. The summed E-state index contributed by atoms with van der Waals surface area (Å²) in [6.45, 7) is 1.81. The van der Waals surface area contributed by atoms with Gasteiger partial charge in [-0.1, -0.05) is 33.6 Å². The number of benzene rings is 3. The van der Waals surface area contributed by atoms with Crippen LogP contribution in [0.3, 0.4) is 0 Å². The van der Waals surface area contributed by atoms with Crippen molar-refractivity contribution in [2.75, 3.05) is 6.61 Å². The molecule has 0 saturated heterocycles. The minimum atomic E-state index is -0.510. The molecule has 3 rings (SSSR count). The molecule has 0 unspecified atom stereocenters. The SMILES string of the molecule is Cc1ccc(Oc2ccc(OCC(=O)Oc3c(Br)cc(Br)cc3Br)cc2)cc1. The Labute approximate surface area is 188 Å². The Hall–Kier alpha value is -1.83. The highest BCUT2D eigenvalue weighted by Gasteiger charge is 2.13. The van der Waals surface area contributed by atoms with E-state index in [-0.39, 0.29) is 6.61 Å². The maximum absolute atomic E-state index is 12.1. The summed E-state index contributed by atoms with van der Waals surface area (Å²) in [6.07, 6.45) is 0. The Bertz CT molecular complexity index is 947. The third-order valence-electron chi connectivity index (χ3n) is 3.62. The Morgan fingerprint density at radius 1 is 0.821 bits per heavy atom. The zero-order chi connectivity index (χ0) is 20.1. The fourth-order valence-electron chi connectivity index (χ4n) is 2.26. The molecule has 0 amide bonds. The number of ether oxygens (including phenoxy) is 3.